The van der Waals surface area contributed by atoms with Gasteiger partial charge < -0.3 is 19.3 Å². The van der Waals surface area contributed by atoms with E-state index in [1.54, 1.807) is 32.4 Å². The minimum Gasteiger partial charge on any atom is -0.497 e. The van der Waals surface area contributed by atoms with Gasteiger partial charge in [-0.15, -0.1) is 0 Å². The normalized spacial score (nSPS) is 10.8. The molecule has 4 rings (SSSR count). The van der Waals surface area contributed by atoms with Gasteiger partial charge >= 0.3 is 5.97 Å². The van der Waals surface area contributed by atoms with E-state index in [9.17, 15) is 9.90 Å². The average Bonchev–Trinajstić information content (AvgIpc) is 3.22. The van der Waals surface area contributed by atoms with Crippen molar-refractivity contribution in [1.29, 1.82) is 0 Å². The molecule has 0 spiro atoms. The Morgan fingerprint density at radius 2 is 1.77 bits per heavy atom. The lowest BCUT2D eigenvalue weighted by molar-refractivity contribution is 0.0699. The highest BCUT2D eigenvalue weighted by Gasteiger charge is 2.21. The Hall–Kier alpha value is -4.07. The van der Waals surface area contributed by atoms with Crippen molar-refractivity contribution in [1.82, 2.24) is 15.2 Å². The first-order valence-corrected chi connectivity index (χ1v) is 9.63. The van der Waals surface area contributed by atoms with Gasteiger partial charge in [-0.25, -0.2) is 9.78 Å². The number of rotatable bonds is 7. The third-order valence-corrected chi connectivity index (χ3v) is 4.89. The van der Waals surface area contributed by atoms with E-state index in [-0.39, 0.29) is 5.56 Å². The molecule has 158 valence electrons. The zero-order chi connectivity index (χ0) is 22.0. The Kier molecular flexibility index (Phi) is 5.44. The van der Waals surface area contributed by atoms with Crippen LogP contribution in [-0.4, -0.2) is 47.1 Å². The number of fused-ring (bicyclic) bond motifs is 1. The molecule has 4 aromatic rings. The Labute approximate surface area is 178 Å². The SMILES string of the molecule is CCOc1ccc(-c2[nH]nc3nc(-c4cc(OC)ccc4OC)cc(C(=O)O)c23)cc1. The number of nitrogens with one attached hydrogen (secondary N) is 1. The maximum atomic E-state index is 12.2. The van der Waals surface area contributed by atoms with E-state index >= 15 is 0 Å². The lowest BCUT2D eigenvalue weighted by Gasteiger charge is -2.11. The molecule has 0 aliphatic heterocycles. The number of methoxy groups -OCH3 is 2. The van der Waals surface area contributed by atoms with Crippen molar-refractivity contribution < 1.29 is 24.1 Å². The zero-order valence-corrected chi connectivity index (χ0v) is 17.3. The highest BCUT2D eigenvalue weighted by molar-refractivity contribution is 6.08. The summed E-state index contributed by atoms with van der Waals surface area (Å²) in [6, 6.07) is 14.1. The van der Waals surface area contributed by atoms with Gasteiger partial charge in [0.1, 0.15) is 17.2 Å². The van der Waals surface area contributed by atoms with Crippen molar-refractivity contribution in [2.24, 2.45) is 0 Å². The van der Waals surface area contributed by atoms with Gasteiger partial charge in [0, 0.05) is 11.1 Å². The van der Waals surface area contributed by atoms with Crippen LogP contribution in [0.1, 0.15) is 17.3 Å². The molecule has 0 radical (unpaired) electrons. The predicted octanol–water partition coefficient (Wildman–Crippen LogP) is 4.41. The summed E-state index contributed by atoms with van der Waals surface area (Å²) in [5.74, 6) is 0.807. The molecular weight excluding hydrogens is 398 g/mol. The fourth-order valence-corrected chi connectivity index (χ4v) is 3.44. The maximum Gasteiger partial charge on any atom is 0.336 e. The number of carboxylic acids is 1. The average molecular weight is 419 g/mol. The van der Waals surface area contributed by atoms with Gasteiger partial charge in [0.05, 0.1) is 43.2 Å². The third-order valence-electron chi connectivity index (χ3n) is 4.89. The van der Waals surface area contributed by atoms with Gasteiger partial charge in [0.15, 0.2) is 5.65 Å². The molecule has 8 heteroatoms. The first-order chi connectivity index (χ1) is 15.0. The fraction of sp³-hybridized carbons (Fsp3) is 0.174. The molecule has 0 unspecified atom stereocenters. The Balaban J connectivity index is 1.89. The van der Waals surface area contributed by atoms with Crippen LogP contribution in [0.2, 0.25) is 0 Å². The molecule has 2 N–H and O–H groups in total. The number of hydrogen-bond acceptors (Lipinski definition) is 6. The van der Waals surface area contributed by atoms with Crippen LogP contribution >= 0.6 is 0 Å². The molecule has 0 saturated heterocycles. The number of aromatic amines is 1. The second kappa shape index (κ2) is 8.35. The van der Waals surface area contributed by atoms with Crippen LogP contribution in [0.15, 0.2) is 48.5 Å². The van der Waals surface area contributed by atoms with E-state index in [0.29, 0.717) is 46.1 Å². The van der Waals surface area contributed by atoms with Crippen LogP contribution in [-0.2, 0) is 0 Å². The summed E-state index contributed by atoms with van der Waals surface area (Å²) in [5, 5.41) is 17.6. The van der Waals surface area contributed by atoms with Crippen molar-refractivity contribution in [2.45, 2.75) is 6.92 Å². The molecule has 0 fully saturated rings. The standard InChI is InChI=1S/C23H21N3O5/c1-4-31-14-7-5-13(6-8-14)21-20-17(23(27)28)12-18(24-22(20)26-25-21)16-11-15(29-2)9-10-19(16)30-3/h5-12H,4H2,1-3H3,(H,27,28)(H,24,25,26). The third kappa shape index (κ3) is 3.75. The highest BCUT2D eigenvalue weighted by atomic mass is 16.5. The van der Waals surface area contributed by atoms with Gasteiger partial charge in [0.2, 0.25) is 0 Å². The van der Waals surface area contributed by atoms with Gasteiger partial charge in [-0.05, 0) is 55.5 Å². The molecule has 0 bridgehead atoms. The number of aromatic carboxylic acids is 1. The molecule has 8 nitrogen and oxygen atoms in total. The van der Waals surface area contributed by atoms with E-state index in [0.717, 1.165) is 11.3 Å². The van der Waals surface area contributed by atoms with E-state index in [2.05, 4.69) is 15.2 Å². The van der Waals surface area contributed by atoms with Crippen LogP contribution in [0.5, 0.6) is 17.2 Å². The number of carbonyl (C=O) groups is 1. The summed E-state index contributed by atoms with van der Waals surface area (Å²) in [6.45, 7) is 2.48. The van der Waals surface area contributed by atoms with E-state index in [1.165, 1.54) is 6.07 Å². The lowest BCUT2D eigenvalue weighted by Crippen LogP contribution is -2.01. The summed E-state index contributed by atoms with van der Waals surface area (Å²) >= 11 is 0. The molecule has 0 atom stereocenters. The fourth-order valence-electron chi connectivity index (χ4n) is 3.44. The summed E-state index contributed by atoms with van der Waals surface area (Å²) in [4.78, 5) is 16.8. The summed E-state index contributed by atoms with van der Waals surface area (Å²) in [5.41, 5.74) is 2.77. The van der Waals surface area contributed by atoms with Gasteiger partial charge in [-0.1, -0.05) is 0 Å². The molecule has 2 heterocycles. The van der Waals surface area contributed by atoms with E-state index in [1.807, 2.05) is 31.2 Å². The molecule has 31 heavy (non-hydrogen) atoms. The summed E-state index contributed by atoms with van der Waals surface area (Å²) < 4.78 is 16.2. The summed E-state index contributed by atoms with van der Waals surface area (Å²) in [7, 11) is 3.10. The predicted molar refractivity (Wildman–Crippen MR) is 116 cm³/mol. The molecule has 0 saturated carbocycles. The van der Waals surface area contributed by atoms with E-state index < -0.39 is 5.97 Å². The van der Waals surface area contributed by atoms with Crippen LogP contribution in [0.3, 0.4) is 0 Å². The van der Waals surface area contributed by atoms with Crippen molar-refractivity contribution in [3.63, 3.8) is 0 Å². The Morgan fingerprint density at radius 3 is 2.42 bits per heavy atom. The number of aromatic nitrogens is 3. The number of benzene rings is 2. The smallest absolute Gasteiger partial charge is 0.336 e. The monoisotopic (exact) mass is 419 g/mol. The number of nitrogens with zero attached hydrogens (tertiary/aromatic N) is 2. The number of pyridine rings is 1. The first-order valence-electron chi connectivity index (χ1n) is 9.63. The van der Waals surface area contributed by atoms with Crippen LogP contribution in [0, 0.1) is 0 Å². The molecule has 2 aromatic heterocycles. The van der Waals surface area contributed by atoms with Crippen molar-refractivity contribution in [3.8, 4) is 39.8 Å². The number of carboxylic acid groups (broad SMARTS) is 1. The number of hydrogen-bond donors (Lipinski definition) is 2. The second-order valence-corrected chi connectivity index (χ2v) is 6.68. The Bertz CT molecular complexity index is 1250. The van der Waals surface area contributed by atoms with Crippen molar-refractivity contribution in [3.05, 3.63) is 54.1 Å². The minimum atomic E-state index is -1.08. The maximum absolute atomic E-state index is 12.2. The molecule has 2 aromatic carbocycles. The second-order valence-electron chi connectivity index (χ2n) is 6.68. The largest absolute Gasteiger partial charge is 0.497 e. The van der Waals surface area contributed by atoms with Crippen molar-refractivity contribution >= 4 is 17.0 Å². The van der Waals surface area contributed by atoms with Gasteiger partial charge in [-0.3, -0.25) is 5.10 Å². The summed E-state index contributed by atoms with van der Waals surface area (Å²) in [6.07, 6.45) is 0. The first kappa shape index (κ1) is 20.2. The van der Waals surface area contributed by atoms with Crippen LogP contribution in [0.25, 0.3) is 33.5 Å². The number of ether oxygens (including phenoxy) is 3. The van der Waals surface area contributed by atoms with Crippen molar-refractivity contribution in [2.75, 3.05) is 20.8 Å². The van der Waals surface area contributed by atoms with Gasteiger partial charge in [-0.2, -0.15) is 5.10 Å². The minimum absolute atomic E-state index is 0.0857. The molecule has 0 amide bonds. The van der Waals surface area contributed by atoms with Gasteiger partial charge in [0.25, 0.3) is 0 Å². The topological polar surface area (TPSA) is 107 Å². The lowest BCUT2D eigenvalue weighted by atomic mass is 10.0. The molecule has 0 aliphatic carbocycles. The molecular formula is C23H21N3O5. The van der Waals surface area contributed by atoms with E-state index in [4.69, 9.17) is 14.2 Å². The zero-order valence-electron chi connectivity index (χ0n) is 17.3. The quantitative estimate of drug-likeness (QED) is 0.457. The van der Waals surface area contributed by atoms with Crippen LogP contribution < -0.4 is 14.2 Å². The van der Waals surface area contributed by atoms with Crippen LogP contribution in [0.4, 0.5) is 0 Å². The Morgan fingerprint density at radius 1 is 1.03 bits per heavy atom. The molecule has 0 aliphatic rings. The highest BCUT2D eigenvalue weighted by Crippen LogP contribution is 2.36. The number of H-pyrrole nitrogens is 1.